The first-order valence-corrected chi connectivity index (χ1v) is 5.38. The van der Waals surface area contributed by atoms with Crippen molar-refractivity contribution in [2.24, 2.45) is 7.05 Å². The number of amides is 1. The van der Waals surface area contributed by atoms with Crippen molar-refractivity contribution in [3.8, 4) is 6.07 Å². The van der Waals surface area contributed by atoms with Crippen LogP contribution in [0, 0.1) is 11.3 Å². The van der Waals surface area contributed by atoms with E-state index < -0.39 is 0 Å². The smallest absolute Gasteiger partial charge is 0.278 e. The van der Waals surface area contributed by atoms with Crippen LogP contribution < -0.4 is 4.90 Å². The van der Waals surface area contributed by atoms with Crippen LogP contribution >= 0.6 is 0 Å². The molecule has 0 fully saturated rings. The molecule has 0 bridgehead atoms. The summed E-state index contributed by atoms with van der Waals surface area (Å²) in [6.07, 6.45) is 3.25. The first-order valence-electron chi connectivity index (χ1n) is 5.38. The molecule has 0 spiro atoms. The summed E-state index contributed by atoms with van der Waals surface area (Å²) < 4.78 is 1.72. The lowest BCUT2D eigenvalue weighted by molar-refractivity contribution is 0.0988. The highest BCUT2D eigenvalue weighted by Crippen LogP contribution is 2.15. The molecule has 0 radical (unpaired) electrons. The van der Waals surface area contributed by atoms with E-state index in [2.05, 4.69) is 4.98 Å². The monoisotopic (exact) mass is 240 g/mol. The van der Waals surface area contributed by atoms with Gasteiger partial charge in [0.1, 0.15) is 5.69 Å². The lowest BCUT2D eigenvalue weighted by atomic mass is 10.2. The minimum atomic E-state index is -0.180. The third-order valence-electron chi connectivity index (χ3n) is 2.61. The molecule has 0 N–H and O–H groups in total. The maximum atomic E-state index is 12.1. The highest BCUT2D eigenvalue weighted by molar-refractivity contribution is 6.04. The van der Waals surface area contributed by atoms with Gasteiger partial charge < -0.3 is 9.47 Å². The van der Waals surface area contributed by atoms with Crippen LogP contribution in [0.1, 0.15) is 16.1 Å². The predicted octanol–water partition coefficient (Wildman–Crippen LogP) is 1.57. The molecule has 18 heavy (non-hydrogen) atoms. The van der Waals surface area contributed by atoms with Crippen LogP contribution in [0.4, 0.5) is 5.69 Å². The zero-order valence-corrected chi connectivity index (χ0v) is 10.2. The Bertz CT molecular complexity index is 607. The molecule has 0 unspecified atom stereocenters. The van der Waals surface area contributed by atoms with E-state index in [1.165, 1.54) is 4.90 Å². The van der Waals surface area contributed by atoms with E-state index in [0.29, 0.717) is 11.3 Å². The molecule has 0 aliphatic rings. The van der Waals surface area contributed by atoms with Crippen molar-refractivity contribution in [2.75, 3.05) is 11.9 Å². The van der Waals surface area contributed by atoms with Crippen LogP contribution in [0.5, 0.6) is 0 Å². The fourth-order valence-electron chi connectivity index (χ4n) is 1.57. The van der Waals surface area contributed by atoms with E-state index >= 15 is 0 Å². The average Bonchev–Trinajstić information content (AvgIpc) is 2.84. The normalized spacial score (nSPS) is 9.83. The van der Waals surface area contributed by atoms with Gasteiger partial charge in [0.15, 0.2) is 0 Å². The second kappa shape index (κ2) is 4.72. The van der Waals surface area contributed by atoms with Gasteiger partial charge in [0, 0.05) is 26.0 Å². The number of imidazole rings is 1. The zero-order valence-electron chi connectivity index (χ0n) is 10.2. The van der Waals surface area contributed by atoms with Gasteiger partial charge in [-0.1, -0.05) is 0 Å². The molecule has 0 atom stereocenters. The number of aryl methyl sites for hydroxylation is 1. The molecular formula is C13H12N4O. The fraction of sp³-hybridized carbons (Fsp3) is 0.154. The molecule has 2 rings (SSSR count). The Morgan fingerprint density at radius 3 is 2.56 bits per heavy atom. The lowest BCUT2D eigenvalue weighted by Gasteiger charge is -2.15. The van der Waals surface area contributed by atoms with Crippen molar-refractivity contribution >= 4 is 11.6 Å². The number of rotatable bonds is 2. The maximum absolute atomic E-state index is 12.1. The van der Waals surface area contributed by atoms with Crippen molar-refractivity contribution in [2.45, 2.75) is 0 Å². The van der Waals surface area contributed by atoms with Gasteiger partial charge in [0.25, 0.3) is 5.91 Å². The Morgan fingerprint density at radius 1 is 1.39 bits per heavy atom. The van der Waals surface area contributed by atoms with E-state index in [1.807, 2.05) is 13.1 Å². The van der Waals surface area contributed by atoms with E-state index in [1.54, 1.807) is 48.4 Å². The Morgan fingerprint density at radius 2 is 2.06 bits per heavy atom. The van der Waals surface area contributed by atoms with E-state index in [9.17, 15) is 4.79 Å². The summed E-state index contributed by atoms with van der Waals surface area (Å²) in [5.41, 5.74) is 1.69. The lowest BCUT2D eigenvalue weighted by Crippen LogP contribution is -2.26. The number of nitriles is 1. The van der Waals surface area contributed by atoms with Crippen LogP contribution in [0.25, 0.3) is 0 Å². The minimum absolute atomic E-state index is 0.180. The van der Waals surface area contributed by atoms with E-state index in [4.69, 9.17) is 5.26 Å². The molecule has 1 aromatic heterocycles. The molecule has 0 saturated carbocycles. The van der Waals surface area contributed by atoms with Crippen molar-refractivity contribution < 1.29 is 4.79 Å². The number of aromatic nitrogens is 2. The topological polar surface area (TPSA) is 61.9 Å². The van der Waals surface area contributed by atoms with Crippen LogP contribution in [-0.2, 0) is 7.05 Å². The molecule has 1 heterocycles. The summed E-state index contributed by atoms with van der Waals surface area (Å²) in [4.78, 5) is 17.6. The van der Waals surface area contributed by atoms with Gasteiger partial charge in [0.2, 0.25) is 0 Å². The van der Waals surface area contributed by atoms with Gasteiger partial charge in [-0.15, -0.1) is 0 Å². The predicted molar refractivity (Wildman–Crippen MR) is 67.1 cm³/mol. The molecule has 90 valence electrons. The van der Waals surface area contributed by atoms with Gasteiger partial charge in [-0.05, 0) is 24.3 Å². The van der Waals surface area contributed by atoms with E-state index in [0.717, 1.165) is 5.69 Å². The minimum Gasteiger partial charge on any atom is -0.340 e. The second-order valence-corrected chi connectivity index (χ2v) is 3.95. The summed E-state index contributed by atoms with van der Waals surface area (Å²) in [6, 6.07) is 8.87. The summed E-state index contributed by atoms with van der Waals surface area (Å²) in [7, 11) is 3.49. The molecule has 1 aromatic carbocycles. The van der Waals surface area contributed by atoms with Gasteiger partial charge in [0.05, 0.1) is 18.0 Å². The first-order chi connectivity index (χ1) is 8.61. The Labute approximate surface area is 105 Å². The SMILES string of the molecule is CN(C(=O)c1cn(C)cn1)c1ccc(C#N)cc1. The molecular weight excluding hydrogens is 228 g/mol. The number of carbonyl (C=O) groups is 1. The Balaban J connectivity index is 2.23. The molecule has 0 aliphatic carbocycles. The average molecular weight is 240 g/mol. The Kier molecular flexibility index (Phi) is 3.11. The summed E-state index contributed by atoms with van der Waals surface area (Å²) in [6.45, 7) is 0. The molecule has 0 aliphatic heterocycles. The van der Waals surface area contributed by atoms with Crippen LogP contribution in [-0.4, -0.2) is 22.5 Å². The summed E-state index contributed by atoms with van der Waals surface area (Å²) >= 11 is 0. The molecule has 2 aromatic rings. The van der Waals surface area contributed by atoms with Gasteiger partial charge in [-0.2, -0.15) is 5.26 Å². The Hall–Kier alpha value is -2.61. The van der Waals surface area contributed by atoms with Crippen molar-refractivity contribution in [1.29, 1.82) is 5.26 Å². The van der Waals surface area contributed by atoms with Crippen LogP contribution in [0.3, 0.4) is 0 Å². The third kappa shape index (κ3) is 2.23. The molecule has 0 saturated heterocycles. The second-order valence-electron chi connectivity index (χ2n) is 3.95. The van der Waals surface area contributed by atoms with Crippen molar-refractivity contribution in [3.63, 3.8) is 0 Å². The first kappa shape index (κ1) is 11.9. The molecule has 5 nitrogen and oxygen atoms in total. The number of anilines is 1. The molecule has 5 heteroatoms. The number of carbonyl (C=O) groups excluding carboxylic acids is 1. The van der Waals surface area contributed by atoms with Crippen molar-refractivity contribution in [1.82, 2.24) is 9.55 Å². The van der Waals surface area contributed by atoms with Crippen LogP contribution in [0.2, 0.25) is 0 Å². The fourth-order valence-corrected chi connectivity index (χ4v) is 1.57. The zero-order chi connectivity index (χ0) is 13.1. The van der Waals surface area contributed by atoms with Gasteiger partial charge in [-0.25, -0.2) is 4.98 Å². The van der Waals surface area contributed by atoms with Crippen molar-refractivity contribution in [3.05, 3.63) is 48.0 Å². The standard InChI is InChI=1S/C13H12N4O/c1-16-8-12(15-9-16)13(18)17(2)11-5-3-10(7-14)4-6-11/h3-6,8-9H,1-2H3. The maximum Gasteiger partial charge on any atom is 0.278 e. The molecule has 1 amide bonds. The number of nitrogens with zero attached hydrogens (tertiary/aromatic N) is 4. The quantitative estimate of drug-likeness (QED) is 0.800. The number of benzene rings is 1. The number of hydrogen-bond donors (Lipinski definition) is 0. The van der Waals surface area contributed by atoms with E-state index in [-0.39, 0.29) is 5.91 Å². The third-order valence-corrected chi connectivity index (χ3v) is 2.61. The van der Waals surface area contributed by atoms with Gasteiger partial charge >= 0.3 is 0 Å². The van der Waals surface area contributed by atoms with Gasteiger partial charge in [-0.3, -0.25) is 4.79 Å². The largest absolute Gasteiger partial charge is 0.340 e. The summed E-state index contributed by atoms with van der Waals surface area (Å²) in [5.74, 6) is -0.180. The highest BCUT2D eigenvalue weighted by atomic mass is 16.2. The number of hydrogen-bond acceptors (Lipinski definition) is 3. The highest BCUT2D eigenvalue weighted by Gasteiger charge is 2.15. The van der Waals surface area contributed by atoms with Crippen LogP contribution in [0.15, 0.2) is 36.8 Å². The summed E-state index contributed by atoms with van der Waals surface area (Å²) in [5, 5.41) is 8.71.